The van der Waals surface area contributed by atoms with E-state index in [9.17, 15) is 0 Å². The molecule has 0 aliphatic carbocycles. The highest BCUT2D eigenvalue weighted by atomic mass is 35.5. The molecule has 1 heterocycles. The van der Waals surface area contributed by atoms with E-state index in [1.54, 1.807) is 0 Å². The van der Waals surface area contributed by atoms with E-state index in [2.05, 4.69) is 11.9 Å². The molecule has 1 unspecified atom stereocenters. The summed E-state index contributed by atoms with van der Waals surface area (Å²) in [6.07, 6.45) is 0.249. The summed E-state index contributed by atoms with van der Waals surface area (Å²) in [7, 11) is 0. The summed E-state index contributed by atoms with van der Waals surface area (Å²) >= 11 is 0. The number of rotatable bonds is 1. The van der Waals surface area contributed by atoms with E-state index in [0.717, 1.165) is 25.3 Å². The summed E-state index contributed by atoms with van der Waals surface area (Å²) in [5, 5.41) is 3.23. The first-order valence-corrected chi connectivity index (χ1v) is 3.28. The Morgan fingerprint density at radius 1 is 1.70 bits per heavy atom. The predicted molar refractivity (Wildman–Crippen MR) is 44.7 cm³/mol. The monoisotopic (exact) mass is 163 g/mol. The molecule has 0 aromatic rings. The summed E-state index contributed by atoms with van der Waals surface area (Å²) in [5.41, 5.74) is 1.11. The van der Waals surface area contributed by atoms with Crippen LogP contribution in [-0.2, 0) is 4.74 Å². The third-order valence-corrected chi connectivity index (χ3v) is 1.48. The fraction of sp³-hybridized carbons (Fsp3) is 0.714. The van der Waals surface area contributed by atoms with Gasteiger partial charge in [-0.1, -0.05) is 12.2 Å². The van der Waals surface area contributed by atoms with Gasteiger partial charge in [-0.3, -0.25) is 0 Å². The summed E-state index contributed by atoms with van der Waals surface area (Å²) in [4.78, 5) is 0. The third-order valence-electron chi connectivity index (χ3n) is 1.48. The van der Waals surface area contributed by atoms with Crippen molar-refractivity contribution >= 4 is 12.4 Å². The van der Waals surface area contributed by atoms with Gasteiger partial charge in [0.15, 0.2) is 0 Å². The molecule has 1 aliphatic heterocycles. The minimum Gasteiger partial charge on any atom is -0.371 e. The van der Waals surface area contributed by atoms with E-state index in [1.165, 1.54) is 0 Å². The van der Waals surface area contributed by atoms with E-state index < -0.39 is 0 Å². The smallest absolute Gasteiger partial charge is 0.0904 e. The van der Waals surface area contributed by atoms with Crippen molar-refractivity contribution in [3.63, 3.8) is 0 Å². The molecule has 0 saturated carbocycles. The highest BCUT2D eigenvalue weighted by Gasteiger charge is 2.12. The van der Waals surface area contributed by atoms with Gasteiger partial charge in [0.1, 0.15) is 0 Å². The van der Waals surface area contributed by atoms with E-state index in [1.807, 2.05) is 6.92 Å². The number of ether oxygens (including phenoxy) is 1. The van der Waals surface area contributed by atoms with Crippen LogP contribution in [0, 0.1) is 0 Å². The van der Waals surface area contributed by atoms with Crippen LogP contribution in [0.3, 0.4) is 0 Å². The molecule has 1 N–H and O–H groups in total. The van der Waals surface area contributed by atoms with Crippen molar-refractivity contribution in [2.24, 2.45) is 0 Å². The first-order valence-electron chi connectivity index (χ1n) is 3.28. The molecule has 1 aliphatic rings. The molecular weight excluding hydrogens is 150 g/mol. The van der Waals surface area contributed by atoms with Crippen LogP contribution < -0.4 is 5.32 Å². The Morgan fingerprint density at radius 2 is 2.40 bits per heavy atom. The molecular formula is C7H14ClNO. The van der Waals surface area contributed by atoms with Gasteiger partial charge in [0.2, 0.25) is 0 Å². The van der Waals surface area contributed by atoms with Crippen molar-refractivity contribution in [1.82, 2.24) is 5.32 Å². The van der Waals surface area contributed by atoms with Crippen LogP contribution in [0.5, 0.6) is 0 Å². The van der Waals surface area contributed by atoms with Crippen molar-refractivity contribution in [1.29, 1.82) is 0 Å². The molecule has 1 saturated heterocycles. The zero-order chi connectivity index (χ0) is 6.69. The predicted octanol–water partition coefficient (Wildman–Crippen LogP) is 0.973. The lowest BCUT2D eigenvalue weighted by Crippen LogP contribution is -2.38. The zero-order valence-corrected chi connectivity index (χ0v) is 7.04. The minimum absolute atomic E-state index is 0. The molecule has 0 aromatic heterocycles. The normalized spacial score (nSPS) is 25.1. The van der Waals surface area contributed by atoms with Gasteiger partial charge in [-0.2, -0.15) is 0 Å². The zero-order valence-electron chi connectivity index (χ0n) is 6.22. The number of hydrogen-bond donors (Lipinski definition) is 1. The molecule has 0 spiro atoms. The standard InChI is InChI=1S/C7H13NO.ClH/c1-6(2)7-5-8-3-4-9-7;/h7-8H,1,3-5H2,2H3;1H. The van der Waals surface area contributed by atoms with Gasteiger partial charge < -0.3 is 10.1 Å². The molecule has 0 amide bonds. The van der Waals surface area contributed by atoms with Gasteiger partial charge in [-0.05, 0) is 6.92 Å². The quantitative estimate of drug-likeness (QED) is 0.582. The first kappa shape index (κ1) is 9.95. The largest absolute Gasteiger partial charge is 0.371 e. The van der Waals surface area contributed by atoms with Gasteiger partial charge in [0.05, 0.1) is 12.7 Å². The maximum atomic E-state index is 5.38. The van der Waals surface area contributed by atoms with Crippen LogP contribution in [0.1, 0.15) is 6.92 Å². The molecule has 0 radical (unpaired) electrons. The summed E-state index contributed by atoms with van der Waals surface area (Å²) in [5.74, 6) is 0. The summed E-state index contributed by atoms with van der Waals surface area (Å²) < 4.78 is 5.38. The van der Waals surface area contributed by atoms with Crippen molar-refractivity contribution in [2.45, 2.75) is 13.0 Å². The molecule has 0 aromatic carbocycles. The van der Waals surface area contributed by atoms with Gasteiger partial charge in [-0.15, -0.1) is 12.4 Å². The summed E-state index contributed by atoms with van der Waals surface area (Å²) in [6, 6.07) is 0. The molecule has 3 heteroatoms. The van der Waals surface area contributed by atoms with Crippen LogP contribution in [0.2, 0.25) is 0 Å². The Balaban J connectivity index is 0.000000810. The van der Waals surface area contributed by atoms with Gasteiger partial charge in [-0.25, -0.2) is 0 Å². The van der Waals surface area contributed by atoms with Crippen LogP contribution >= 0.6 is 12.4 Å². The fourth-order valence-electron chi connectivity index (χ4n) is 0.882. The van der Waals surface area contributed by atoms with Crippen LogP contribution in [0.4, 0.5) is 0 Å². The van der Waals surface area contributed by atoms with E-state index in [4.69, 9.17) is 4.74 Å². The van der Waals surface area contributed by atoms with E-state index >= 15 is 0 Å². The number of morpholine rings is 1. The Hall–Kier alpha value is -0.0500. The van der Waals surface area contributed by atoms with E-state index in [-0.39, 0.29) is 18.5 Å². The second kappa shape index (κ2) is 4.72. The Kier molecular flexibility index (Phi) is 4.69. The molecule has 1 atom stereocenters. The Labute approximate surface area is 68.0 Å². The van der Waals surface area contributed by atoms with Gasteiger partial charge in [0, 0.05) is 13.1 Å². The minimum atomic E-state index is 0. The maximum absolute atomic E-state index is 5.38. The van der Waals surface area contributed by atoms with E-state index in [0.29, 0.717) is 0 Å². The summed E-state index contributed by atoms with van der Waals surface area (Å²) in [6.45, 7) is 8.53. The third kappa shape index (κ3) is 2.69. The lowest BCUT2D eigenvalue weighted by Gasteiger charge is -2.23. The molecule has 2 nitrogen and oxygen atoms in total. The lowest BCUT2D eigenvalue weighted by atomic mass is 10.2. The Morgan fingerprint density at radius 3 is 2.70 bits per heavy atom. The molecule has 1 rings (SSSR count). The topological polar surface area (TPSA) is 21.3 Å². The second-order valence-electron chi connectivity index (χ2n) is 2.41. The second-order valence-corrected chi connectivity index (χ2v) is 2.41. The van der Waals surface area contributed by atoms with Crippen molar-refractivity contribution in [3.05, 3.63) is 12.2 Å². The molecule has 60 valence electrons. The lowest BCUT2D eigenvalue weighted by molar-refractivity contribution is 0.0521. The van der Waals surface area contributed by atoms with Crippen LogP contribution in [0.25, 0.3) is 0 Å². The van der Waals surface area contributed by atoms with Crippen LogP contribution in [-0.4, -0.2) is 25.8 Å². The maximum Gasteiger partial charge on any atom is 0.0904 e. The van der Waals surface area contributed by atoms with Crippen molar-refractivity contribution in [2.75, 3.05) is 19.7 Å². The van der Waals surface area contributed by atoms with Gasteiger partial charge >= 0.3 is 0 Å². The number of halogens is 1. The SMILES string of the molecule is C=C(C)C1CNCCO1.Cl. The fourth-order valence-corrected chi connectivity index (χ4v) is 0.882. The molecule has 10 heavy (non-hydrogen) atoms. The van der Waals surface area contributed by atoms with Crippen molar-refractivity contribution in [3.8, 4) is 0 Å². The van der Waals surface area contributed by atoms with Gasteiger partial charge in [0.25, 0.3) is 0 Å². The van der Waals surface area contributed by atoms with Crippen LogP contribution in [0.15, 0.2) is 12.2 Å². The average Bonchev–Trinajstić information content (AvgIpc) is 1.90. The highest BCUT2D eigenvalue weighted by molar-refractivity contribution is 5.85. The van der Waals surface area contributed by atoms with Crippen molar-refractivity contribution < 1.29 is 4.74 Å². The average molecular weight is 164 g/mol. The number of hydrogen-bond acceptors (Lipinski definition) is 2. The molecule has 0 bridgehead atoms. The Bertz CT molecular complexity index is 110. The first-order chi connectivity index (χ1) is 4.30. The molecule has 1 fully saturated rings. The highest BCUT2D eigenvalue weighted by Crippen LogP contribution is 2.04. The number of nitrogens with one attached hydrogen (secondary N) is 1.